The van der Waals surface area contributed by atoms with Gasteiger partial charge in [0.2, 0.25) is 0 Å². The predicted molar refractivity (Wildman–Crippen MR) is 35.0 cm³/mol. The van der Waals surface area contributed by atoms with Gasteiger partial charge in [0, 0.05) is 5.92 Å². The average molecular weight is 147 g/mol. The molecule has 0 saturated heterocycles. The normalized spacial score (nSPS) is 16.1. The van der Waals surface area contributed by atoms with Crippen molar-refractivity contribution in [3.05, 3.63) is 0 Å². The second-order valence-corrected chi connectivity index (χ2v) is 2.90. The lowest BCUT2D eigenvalue weighted by atomic mass is 10.1. The van der Waals surface area contributed by atoms with E-state index in [2.05, 4.69) is 0 Å². The largest absolute Gasteiger partial charge is 0.306 e. The average Bonchev–Trinajstić information content (AvgIpc) is 1.83. The Labute approximate surface area is 57.0 Å². The second-order valence-electron chi connectivity index (χ2n) is 1.84. The first-order valence-corrected chi connectivity index (χ1v) is 3.91. The summed E-state index contributed by atoms with van der Waals surface area (Å²) >= 11 is -1.74. The first-order chi connectivity index (χ1) is 4.16. The van der Waals surface area contributed by atoms with Gasteiger partial charge in [-0.1, -0.05) is 0 Å². The van der Waals surface area contributed by atoms with Crippen molar-refractivity contribution < 1.29 is 8.76 Å². The van der Waals surface area contributed by atoms with E-state index < -0.39 is 11.1 Å². The van der Waals surface area contributed by atoms with E-state index in [-0.39, 0.29) is 11.7 Å². The van der Waals surface area contributed by atoms with Crippen LogP contribution in [0.5, 0.6) is 0 Å². The van der Waals surface area contributed by atoms with Crippen LogP contribution >= 0.6 is 0 Å². The number of rotatable bonds is 3. The summed E-state index contributed by atoms with van der Waals surface area (Å²) in [6.07, 6.45) is 0.500. The summed E-state index contributed by atoms with van der Waals surface area (Å²) in [6, 6.07) is 1.97. The van der Waals surface area contributed by atoms with Gasteiger partial charge < -0.3 is 4.55 Å². The van der Waals surface area contributed by atoms with E-state index in [1.807, 2.05) is 6.07 Å². The molecule has 4 heteroatoms. The minimum absolute atomic E-state index is 0.110. The molecule has 9 heavy (non-hydrogen) atoms. The van der Waals surface area contributed by atoms with Crippen LogP contribution in [0.25, 0.3) is 0 Å². The van der Waals surface area contributed by atoms with Crippen molar-refractivity contribution in [1.29, 1.82) is 5.26 Å². The molecular weight excluding hydrogens is 138 g/mol. The zero-order valence-corrected chi connectivity index (χ0v) is 6.02. The molecule has 0 amide bonds. The molecule has 0 heterocycles. The molecule has 0 aliphatic carbocycles. The van der Waals surface area contributed by atoms with Gasteiger partial charge in [-0.05, 0) is 13.3 Å². The molecular formula is C5H9NO2S. The molecule has 0 aromatic heterocycles. The molecule has 0 radical (unpaired) electrons. The Morgan fingerprint density at radius 2 is 2.44 bits per heavy atom. The Balaban J connectivity index is 3.30. The molecule has 0 saturated carbocycles. The summed E-state index contributed by atoms with van der Waals surface area (Å²) in [5, 5.41) is 8.22. The van der Waals surface area contributed by atoms with E-state index in [9.17, 15) is 4.21 Å². The summed E-state index contributed by atoms with van der Waals surface area (Å²) in [4.78, 5) is 0. The van der Waals surface area contributed by atoms with Crippen molar-refractivity contribution in [3.63, 3.8) is 0 Å². The molecule has 0 fully saturated rings. The van der Waals surface area contributed by atoms with Crippen molar-refractivity contribution in [2.45, 2.75) is 13.3 Å². The maximum atomic E-state index is 10.0. The molecule has 1 N–H and O–H groups in total. The van der Waals surface area contributed by atoms with Crippen molar-refractivity contribution >= 4 is 11.1 Å². The Kier molecular flexibility index (Phi) is 4.28. The van der Waals surface area contributed by atoms with Crippen LogP contribution in [0.2, 0.25) is 0 Å². The fourth-order valence-electron chi connectivity index (χ4n) is 0.342. The summed E-state index contributed by atoms with van der Waals surface area (Å²) < 4.78 is 18.3. The Hall–Kier alpha value is -0.400. The topological polar surface area (TPSA) is 61.1 Å². The van der Waals surface area contributed by atoms with Crippen LogP contribution in [-0.2, 0) is 11.1 Å². The molecule has 2 unspecified atom stereocenters. The SMILES string of the molecule is CC(C#N)CCS(=O)O. The van der Waals surface area contributed by atoms with Crippen molar-refractivity contribution in [3.8, 4) is 6.07 Å². The molecule has 0 spiro atoms. The molecule has 2 atom stereocenters. The van der Waals surface area contributed by atoms with E-state index in [1.54, 1.807) is 6.92 Å². The lowest BCUT2D eigenvalue weighted by Gasteiger charge is -1.95. The quantitative estimate of drug-likeness (QED) is 0.599. The number of nitriles is 1. The third kappa shape index (κ3) is 5.47. The number of hydrogen-bond donors (Lipinski definition) is 1. The first-order valence-electron chi connectivity index (χ1n) is 2.64. The van der Waals surface area contributed by atoms with Gasteiger partial charge in [0.15, 0.2) is 11.1 Å². The minimum Gasteiger partial charge on any atom is -0.306 e. The maximum absolute atomic E-state index is 10.0. The van der Waals surface area contributed by atoms with Gasteiger partial charge in [-0.25, -0.2) is 4.21 Å². The van der Waals surface area contributed by atoms with Gasteiger partial charge in [-0.15, -0.1) is 0 Å². The lowest BCUT2D eigenvalue weighted by molar-refractivity contribution is 0.556. The monoisotopic (exact) mass is 147 g/mol. The fourth-order valence-corrected chi connectivity index (χ4v) is 0.897. The van der Waals surface area contributed by atoms with E-state index in [0.717, 1.165) is 0 Å². The van der Waals surface area contributed by atoms with Crippen LogP contribution in [0, 0.1) is 17.2 Å². The summed E-state index contributed by atoms with van der Waals surface area (Å²) in [5.74, 6) is 0.0930. The van der Waals surface area contributed by atoms with Gasteiger partial charge >= 0.3 is 0 Å². The zero-order chi connectivity index (χ0) is 7.28. The summed E-state index contributed by atoms with van der Waals surface area (Å²) in [6.45, 7) is 1.73. The van der Waals surface area contributed by atoms with E-state index in [4.69, 9.17) is 9.81 Å². The highest BCUT2D eigenvalue weighted by Crippen LogP contribution is 1.98. The van der Waals surface area contributed by atoms with Gasteiger partial charge in [0.1, 0.15) is 0 Å². The van der Waals surface area contributed by atoms with Crippen molar-refractivity contribution in [1.82, 2.24) is 0 Å². The predicted octanol–water partition coefficient (Wildman–Crippen LogP) is 0.758. The van der Waals surface area contributed by atoms with Crippen LogP contribution in [0.1, 0.15) is 13.3 Å². The lowest BCUT2D eigenvalue weighted by Crippen LogP contribution is -2.00. The summed E-state index contributed by atoms with van der Waals surface area (Å²) in [5.41, 5.74) is 0. The minimum atomic E-state index is -1.74. The summed E-state index contributed by atoms with van der Waals surface area (Å²) in [7, 11) is 0. The Bertz CT molecular complexity index is 140. The molecule has 0 bridgehead atoms. The maximum Gasteiger partial charge on any atom is 0.152 e. The van der Waals surface area contributed by atoms with Gasteiger partial charge in [-0.2, -0.15) is 5.26 Å². The van der Waals surface area contributed by atoms with Gasteiger partial charge in [0.25, 0.3) is 0 Å². The number of hydrogen-bond acceptors (Lipinski definition) is 2. The van der Waals surface area contributed by atoms with Crippen molar-refractivity contribution in [2.75, 3.05) is 5.75 Å². The smallest absolute Gasteiger partial charge is 0.152 e. The molecule has 3 nitrogen and oxygen atoms in total. The highest BCUT2D eigenvalue weighted by atomic mass is 32.2. The first kappa shape index (κ1) is 8.60. The zero-order valence-electron chi connectivity index (χ0n) is 5.20. The Morgan fingerprint density at radius 3 is 2.78 bits per heavy atom. The highest BCUT2D eigenvalue weighted by molar-refractivity contribution is 7.79. The van der Waals surface area contributed by atoms with E-state index in [0.29, 0.717) is 6.42 Å². The molecule has 0 aromatic rings. The Morgan fingerprint density at radius 1 is 1.89 bits per heavy atom. The highest BCUT2D eigenvalue weighted by Gasteiger charge is 2.00. The van der Waals surface area contributed by atoms with Crippen molar-refractivity contribution in [2.24, 2.45) is 5.92 Å². The molecule has 0 aliphatic rings. The third-order valence-electron chi connectivity index (χ3n) is 0.946. The van der Waals surface area contributed by atoms with Crippen LogP contribution in [0.3, 0.4) is 0 Å². The van der Waals surface area contributed by atoms with Crippen LogP contribution in [0.15, 0.2) is 0 Å². The van der Waals surface area contributed by atoms with Crippen LogP contribution in [0.4, 0.5) is 0 Å². The molecule has 52 valence electrons. The fraction of sp³-hybridized carbons (Fsp3) is 0.800. The van der Waals surface area contributed by atoms with Crippen LogP contribution < -0.4 is 0 Å². The molecule has 0 aliphatic heterocycles. The third-order valence-corrected chi connectivity index (χ3v) is 1.53. The molecule has 0 aromatic carbocycles. The van der Waals surface area contributed by atoms with E-state index >= 15 is 0 Å². The molecule has 0 rings (SSSR count). The van der Waals surface area contributed by atoms with E-state index in [1.165, 1.54) is 0 Å². The van der Waals surface area contributed by atoms with Crippen LogP contribution in [-0.4, -0.2) is 14.5 Å². The second kappa shape index (κ2) is 4.48. The van der Waals surface area contributed by atoms with Gasteiger partial charge in [-0.3, -0.25) is 0 Å². The standard InChI is InChI=1S/C5H9NO2S/c1-5(4-6)2-3-9(7)8/h5H,2-3H2,1H3,(H,7,8). The number of nitrogens with zero attached hydrogens (tertiary/aromatic N) is 1. The van der Waals surface area contributed by atoms with Gasteiger partial charge in [0.05, 0.1) is 11.8 Å².